The average Bonchev–Trinajstić information content (AvgIpc) is 2.67. The highest BCUT2D eigenvalue weighted by Gasteiger charge is 2.50. The molecule has 0 bridgehead atoms. The van der Waals surface area contributed by atoms with Crippen LogP contribution in [0.25, 0.3) is 0 Å². The van der Waals surface area contributed by atoms with Crippen LogP contribution in [0, 0.1) is 5.82 Å². The molecule has 1 aliphatic heterocycles. The van der Waals surface area contributed by atoms with E-state index in [1.54, 1.807) is 0 Å². The lowest BCUT2D eigenvalue weighted by atomic mass is 9.63. The number of hydrogen-bond donors (Lipinski definition) is 2. The Bertz CT molecular complexity index is 543. The molecule has 102 valence electrons. The van der Waals surface area contributed by atoms with Crippen LogP contribution < -0.4 is 11.1 Å². The molecule has 0 unspecified atom stereocenters. The minimum absolute atomic E-state index is 0.188. The van der Waals surface area contributed by atoms with Gasteiger partial charge in [-0.3, -0.25) is 0 Å². The molecule has 1 heterocycles. The number of rotatable bonds is 2. The Morgan fingerprint density at radius 3 is 3.05 bits per heavy atom. The van der Waals surface area contributed by atoms with Gasteiger partial charge in [0.25, 0.3) is 0 Å². The summed E-state index contributed by atoms with van der Waals surface area (Å²) in [6.45, 7) is 4.86. The van der Waals surface area contributed by atoms with Crippen LogP contribution in [-0.4, -0.2) is 12.6 Å². The van der Waals surface area contributed by atoms with Crippen molar-refractivity contribution in [3.63, 3.8) is 0 Å². The van der Waals surface area contributed by atoms with Crippen LogP contribution in [-0.2, 0) is 5.41 Å². The lowest BCUT2D eigenvalue weighted by Crippen LogP contribution is -2.44. The molecule has 1 aromatic carbocycles. The Kier molecular flexibility index (Phi) is 3.18. The third kappa shape index (κ3) is 1.77. The van der Waals surface area contributed by atoms with E-state index < -0.39 is 0 Å². The van der Waals surface area contributed by atoms with Crippen molar-refractivity contribution in [3.8, 4) is 0 Å². The van der Waals surface area contributed by atoms with Crippen molar-refractivity contribution in [2.45, 2.75) is 37.1 Å². The molecule has 4 heteroatoms. The highest BCUT2D eigenvalue weighted by atomic mass is 79.9. The maximum atomic E-state index is 14.2. The van der Waals surface area contributed by atoms with Crippen LogP contribution in [0.4, 0.5) is 10.1 Å². The van der Waals surface area contributed by atoms with E-state index in [9.17, 15) is 4.39 Å². The summed E-state index contributed by atoms with van der Waals surface area (Å²) in [6.07, 6.45) is 3.99. The van der Waals surface area contributed by atoms with Gasteiger partial charge < -0.3 is 11.1 Å². The first kappa shape index (κ1) is 13.1. The average molecular weight is 325 g/mol. The first-order valence-corrected chi connectivity index (χ1v) is 7.53. The molecule has 2 aliphatic rings. The fourth-order valence-corrected chi connectivity index (χ4v) is 4.20. The summed E-state index contributed by atoms with van der Waals surface area (Å²) in [4.78, 5) is 0. The molecule has 1 saturated carbocycles. The van der Waals surface area contributed by atoms with Gasteiger partial charge in [-0.05, 0) is 49.9 Å². The molecule has 1 aliphatic carbocycles. The normalized spacial score (nSPS) is 28.8. The molecule has 0 amide bonds. The number of anilines is 1. The van der Waals surface area contributed by atoms with Crippen LogP contribution in [0.1, 0.15) is 31.2 Å². The van der Waals surface area contributed by atoms with Gasteiger partial charge in [0.1, 0.15) is 5.82 Å². The largest absolute Gasteiger partial charge is 0.378 e. The predicted octanol–water partition coefficient (Wildman–Crippen LogP) is 3.71. The fourth-order valence-electron chi connectivity index (χ4n) is 3.77. The van der Waals surface area contributed by atoms with E-state index in [-0.39, 0.29) is 17.3 Å². The topological polar surface area (TPSA) is 38.0 Å². The van der Waals surface area contributed by atoms with E-state index in [0.29, 0.717) is 12.2 Å². The summed E-state index contributed by atoms with van der Waals surface area (Å²) >= 11 is 3.40. The van der Waals surface area contributed by atoms with E-state index >= 15 is 0 Å². The van der Waals surface area contributed by atoms with Gasteiger partial charge in [0.15, 0.2) is 0 Å². The molecule has 2 nitrogen and oxygen atoms in total. The summed E-state index contributed by atoms with van der Waals surface area (Å²) in [5.74, 6) is -0.192. The minimum Gasteiger partial charge on any atom is -0.378 e. The Balaban J connectivity index is 2.21. The molecule has 0 aromatic heterocycles. The molecule has 0 saturated heterocycles. The number of hydrogen-bond acceptors (Lipinski definition) is 2. The second kappa shape index (κ2) is 4.60. The maximum Gasteiger partial charge on any atom is 0.147 e. The smallest absolute Gasteiger partial charge is 0.147 e. The zero-order valence-electron chi connectivity index (χ0n) is 10.8. The standard InChI is InChI=1S/C15H18BrFN2/c1-9-3-2-4-13-15(9,5-6-18)11-7-10(16)8-12(17)14(11)19-13/h7-8,13,19H,1-6,18H2/t13-,15-/m0/s1. The third-order valence-corrected chi connectivity index (χ3v) is 5.05. The summed E-state index contributed by atoms with van der Waals surface area (Å²) in [6, 6.07) is 3.77. The van der Waals surface area contributed by atoms with E-state index in [1.165, 1.54) is 11.6 Å². The lowest BCUT2D eigenvalue weighted by molar-refractivity contribution is 0.348. The van der Waals surface area contributed by atoms with Gasteiger partial charge in [-0.1, -0.05) is 28.1 Å². The fraction of sp³-hybridized carbons (Fsp3) is 0.467. The monoisotopic (exact) mass is 324 g/mol. The zero-order chi connectivity index (χ0) is 13.6. The second-order valence-corrected chi connectivity index (χ2v) is 6.43. The quantitative estimate of drug-likeness (QED) is 0.814. The zero-order valence-corrected chi connectivity index (χ0v) is 12.4. The summed E-state index contributed by atoms with van der Waals surface area (Å²) in [7, 11) is 0. The van der Waals surface area contributed by atoms with Crippen molar-refractivity contribution in [2.24, 2.45) is 5.73 Å². The Morgan fingerprint density at radius 1 is 1.53 bits per heavy atom. The van der Waals surface area contributed by atoms with E-state index in [4.69, 9.17) is 5.73 Å². The molecule has 0 spiro atoms. The van der Waals surface area contributed by atoms with Gasteiger partial charge in [-0.15, -0.1) is 0 Å². The first-order chi connectivity index (χ1) is 9.09. The van der Waals surface area contributed by atoms with E-state index in [2.05, 4.69) is 27.8 Å². The molecular formula is C15H18BrFN2. The van der Waals surface area contributed by atoms with Gasteiger partial charge in [0.2, 0.25) is 0 Å². The predicted molar refractivity (Wildman–Crippen MR) is 79.9 cm³/mol. The SMILES string of the molecule is C=C1CCC[C@@H]2Nc3c(F)cc(Br)cc3[C@]12CCN. The Morgan fingerprint density at radius 2 is 2.32 bits per heavy atom. The van der Waals surface area contributed by atoms with Crippen molar-refractivity contribution < 1.29 is 4.39 Å². The molecule has 2 atom stereocenters. The summed E-state index contributed by atoms with van der Waals surface area (Å²) in [5, 5.41) is 3.38. The highest BCUT2D eigenvalue weighted by Crippen LogP contribution is 2.54. The van der Waals surface area contributed by atoms with Crippen molar-refractivity contribution in [2.75, 3.05) is 11.9 Å². The van der Waals surface area contributed by atoms with Crippen molar-refractivity contribution in [3.05, 3.63) is 40.1 Å². The number of halogens is 2. The third-order valence-electron chi connectivity index (χ3n) is 4.59. The van der Waals surface area contributed by atoms with Crippen LogP contribution in [0.3, 0.4) is 0 Å². The number of nitrogens with one attached hydrogen (secondary N) is 1. The molecule has 19 heavy (non-hydrogen) atoms. The molecule has 3 rings (SSSR count). The van der Waals surface area contributed by atoms with Gasteiger partial charge in [0.05, 0.1) is 5.69 Å². The van der Waals surface area contributed by atoms with Crippen molar-refractivity contribution in [1.82, 2.24) is 0 Å². The Labute approximate surface area is 121 Å². The van der Waals surface area contributed by atoms with Gasteiger partial charge in [0, 0.05) is 15.9 Å². The Hall–Kier alpha value is -0.870. The minimum atomic E-state index is -0.192. The lowest BCUT2D eigenvalue weighted by Gasteiger charge is -2.41. The molecule has 1 fully saturated rings. The van der Waals surface area contributed by atoms with Crippen LogP contribution >= 0.6 is 15.9 Å². The van der Waals surface area contributed by atoms with Gasteiger partial charge in [-0.25, -0.2) is 4.39 Å². The summed E-state index contributed by atoms with van der Waals surface area (Å²) < 4.78 is 15.0. The number of fused-ring (bicyclic) bond motifs is 3. The first-order valence-electron chi connectivity index (χ1n) is 6.74. The van der Waals surface area contributed by atoms with Crippen molar-refractivity contribution >= 4 is 21.6 Å². The van der Waals surface area contributed by atoms with Gasteiger partial charge >= 0.3 is 0 Å². The van der Waals surface area contributed by atoms with Crippen LogP contribution in [0.2, 0.25) is 0 Å². The maximum absolute atomic E-state index is 14.2. The van der Waals surface area contributed by atoms with Gasteiger partial charge in [-0.2, -0.15) is 0 Å². The molecular weight excluding hydrogens is 307 g/mol. The molecule has 3 N–H and O–H groups in total. The molecule has 0 radical (unpaired) electrons. The van der Waals surface area contributed by atoms with Crippen LogP contribution in [0.5, 0.6) is 0 Å². The number of benzene rings is 1. The number of nitrogens with two attached hydrogens (primary N) is 1. The highest BCUT2D eigenvalue weighted by molar-refractivity contribution is 9.10. The van der Waals surface area contributed by atoms with Crippen LogP contribution in [0.15, 0.2) is 28.8 Å². The second-order valence-electron chi connectivity index (χ2n) is 5.51. The van der Waals surface area contributed by atoms with E-state index in [1.807, 2.05) is 6.07 Å². The summed E-state index contributed by atoms with van der Waals surface area (Å²) in [5.41, 5.74) is 8.51. The van der Waals surface area contributed by atoms with Crippen molar-refractivity contribution in [1.29, 1.82) is 0 Å². The molecule has 1 aromatic rings. The van der Waals surface area contributed by atoms with E-state index in [0.717, 1.165) is 35.7 Å².